The van der Waals surface area contributed by atoms with E-state index in [1.54, 1.807) is 0 Å². The molecule has 1 saturated carbocycles. The fourth-order valence-corrected chi connectivity index (χ4v) is 3.87. The smallest absolute Gasteiger partial charge is 0.407 e. The van der Waals surface area contributed by atoms with Crippen LogP contribution in [0.3, 0.4) is 0 Å². The number of nitrogens with one attached hydrogen (secondary N) is 3. The highest BCUT2D eigenvalue weighted by molar-refractivity contribution is 9.10. The highest BCUT2D eigenvalue weighted by Crippen LogP contribution is 2.27. The lowest BCUT2D eigenvalue weighted by Gasteiger charge is -2.29. The van der Waals surface area contributed by atoms with Gasteiger partial charge < -0.3 is 15.4 Å². The van der Waals surface area contributed by atoms with Crippen LogP contribution in [-0.4, -0.2) is 45.6 Å². The minimum Gasteiger partial charge on any atom is -0.444 e. The molecule has 1 aliphatic rings. The second kappa shape index (κ2) is 10.9. The molecule has 0 aliphatic heterocycles. The van der Waals surface area contributed by atoms with Crippen LogP contribution >= 0.6 is 15.9 Å². The normalized spacial score (nSPS) is 19.2. The maximum absolute atomic E-state index is 13.5. The summed E-state index contributed by atoms with van der Waals surface area (Å²) in [5, 5.41) is 23.4. The number of hydrogen-bond acceptors (Lipinski definition) is 8. The average molecular weight is 527 g/mol. The number of amidine groups is 1. The van der Waals surface area contributed by atoms with Gasteiger partial charge in [-0.2, -0.15) is 0 Å². The molecule has 12 heteroatoms. The Morgan fingerprint density at radius 2 is 2.03 bits per heavy atom. The Bertz CT molecular complexity index is 985. The number of amides is 1. The van der Waals surface area contributed by atoms with Gasteiger partial charge in [-0.15, -0.1) is 0 Å². The number of carbonyl (C=O) groups is 1. The number of benzene rings is 1. The van der Waals surface area contributed by atoms with E-state index >= 15 is 0 Å². The van der Waals surface area contributed by atoms with Crippen LogP contribution < -0.4 is 16.1 Å². The second-order valence-electron chi connectivity index (χ2n) is 8.88. The van der Waals surface area contributed by atoms with Gasteiger partial charge in [0.1, 0.15) is 11.4 Å². The van der Waals surface area contributed by atoms with Crippen molar-refractivity contribution >= 4 is 39.4 Å². The largest absolute Gasteiger partial charge is 0.444 e. The van der Waals surface area contributed by atoms with Crippen LogP contribution in [0.2, 0.25) is 0 Å². The topological polar surface area (TPSA) is 134 Å². The van der Waals surface area contributed by atoms with Crippen molar-refractivity contribution < 1.29 is 23.8 Å². The van der Waals surface area contributed by atoms with Gasteiger partial charge in [0.15, 0.2) is 11.5 Å². The first-order valence-electron chi connectivity index (χ1n) is 10.6. The number of hydroxylamine groups is 1. The maximum atomic E-state index is 13.5. The molecule has 0 unspecified atom stereocenters. The van der Waals surface area contributed by atoms with Gasteiger partial charge in [0, 0.05) is 12.6 Å². The molecule has 4 N–H and O–H groups in total. The average Bonchev–Trinajstić information content (AvgIpc) is 3.20. The van der Waals surface area contributed by atoms with Crippen molar-refractivity contribution in [1.82, 2.24) is 21.1 Å². The van der Waals surface area contributed by atoms with Crippen LogP contribution in [0.15, 0.2) is 32.3 Å². The standard InChI is InChI=1S/C21H28BrFN6O4/c1-21(2,3)32-20(30)24-11-12-4-6-13(7-5-12)25-19-17(28-33-29-19)18(27-31)26-14-8-9-16(23)15(22)10-14/h8-10,12-13,31H,4-7,11H2,1-3H3,(H,24,30)(H,25,29)(H,26,27). The number of rotatable bonds is 6. The molecule has 3 rings (SSSR count). The minimum absolute atomic E-state index is 0.00695. The molecule has 0 radical (unpaired) electrons. The molecular weight excluding hydrogens is 499 g/mol. The number of aromatic nitrogens is 2. The van der Waals surface area contributed by atoms with Gasteiger partial charge >= 0.3 is 6.09 Å². The molecule has 1 amide bonds. The summed E-state index contributed by atoms with van der Waals surface area (Å²) in [7, 11) is 0. The monoisotopic (exact) mass is 526 g/mol. The lowest BCUT2D eigenvalue weighted by atomic mass is 9.86. The molecule has 1 aromatic heterocycles. The Kier molecular flexibility index (Phi) is 8.25. The van der Waals surface area contributed by atoms with Gasteiger partial charge in [-0.3, -0.25) is 10.7 Å². The van der Waals surface area contributed by atoms with Crippen LogP contribution in [0, 0.1) is 11.7 Å². The lowest BCUT2D eigenvalue weighted by molar-refractivity contribution is 0.0515. The fourth-order valence-electron chi connectivity index (χ4n) is 3.50. The van der Waals surface area contributed by atoms with Crippen molar-refractivity contribution in [3.05, 3.63) is 34.2 Å². The van der Waals surface area contributed by atoms with Gasteiger partial charge in [-0.25, -0.2) is 18.8 Å². The van der Waals surface area contributed by atoms with Gasteiger partial charge in [-0.05, 0) is 96.8 Å². The molecule has 1 aliphatic carbocycles. The lowest BCUT2D eigenvalue weighted by Crippen LogP contribution is -2.37. The summed E-state index contributed by atoms with van der Waals surface area (Å²) in [4.78, 5) is 16.1. The molecule has 10 nitrogen and oxygen atoms in total. The molecule has 1 aromatic carbocycles. The summed E-state index contributed by atoms with van der Waals surface area (Å²) in [5.41, 5.74) is 2.08. The fraction of sp³-hybridized carbons (Fsp3) is 0.524. The number of anilines is 1. The van der Waals surface area contributed by atoms with Crippen molar-refractivity contribution in [3.8, 4) is 0 Å². The number of nitrogens with zero attached hydrogens (tertiary/aromatic N) is 3. The molecular formula is C21H28BrFN6O4. The third kappa shape index (κ3) is 7.39. The molecule has 33 heavy (non-hydrogen) atoms. The minimum atomic E-state index is -0.520. The number of hydrogen-bond donors (Lipinski definition) is 4. The zero-order chi connectivity index (χ0) is 24.0. The summed E-state index contributed by atoms with van der Waals surface area (Å²) < 4.78 is 23.8. The van der Waals surface area contributed by atoms with Crippen molar-refractivity contribution in [2.75, 3.05) is 11.9 Å². The summed E-state index contributed by atoms with van der Waals surface area (Å²) in [5.74, 6) is 0.285. The first-order chi connectivity index (χ1) is 15.6. The van der Waals surface area contributed by atoms with E-state index in [-0.39, 0.29) is 22.0 Å². The molecule has 2 aromatic rings. The highest BCUT2D eigenvalue weighted by atomic mass is 79.9. The first kappa shape index (κ1) is 24.9. The Hall–Kier alpha value is -2.73. The van der Waals surface area contributed by atoms with E-state index in [9.17, 15) is 14.4 Å². The summed E-state index contributed by atoms with van der Waals surface area (Å²) in [6.07, 6.45) is 3.14. The van der Waals surface area contributed by atoms with E-state index in [0.29, 0.717) is 24.0 Å². The van der Waals surface area contributed by atoms with E-state index in [4.69, 9.17) is 9.37 Å². The van der Waals surface area contributed by atoms with E-state index in [2.05, 4.69) is 41.9 Å². The van der Waals surface area contributed by atoms with Gasteiger partial charge in [0.2, 0.25) is 5.82 Å². The van der Waals surface area contributed by atoms with E-state index in [0.717, 1.165) is 25.7 Å². The van der Waals surface area contributed by atoms with Crippen molar-refractivity contribution in [1.29, 1.82) is 0 Å². The van der Waals surface area contributed by atoms with Crippen LogP contribution in [0.4, 0.5) is 20.7 Å². The zero-order valence-corrected chi connectivity index (χ0v) is 20.3. The van der Waals surface area contributed by atoms with Crippen molar-refractivity contribution in [3.63, 3.8) is 0 Å². The van der Waals surface area contributed by atoms with Crippen LogP contribution in [-0.2, 0) is 4.74 Å². The SMILES string of the molecule is CC(C)(C)OC(=O)NCC1CCC(Nc2nonc2C(=Nc2ccc(F)c(Br)c2)NO)CC1. The highest BCUT2D eigenvalue weighted by Gasteiger charge is 2.25. The number of carbonyl (C=O) groups excluding carboxylic acids is 1. The third-order valence-electron chi connectivity index (χ3n) is 5.08. The number of ether oxygens (including phenoxy) is 1. The second-order valence-corrected chi connectivity index (χ2v) is 9.73. The first-order valence-corrected chi connectivity index (χ1v) is 11.4. The van der Waals surface area contributed by atoms with Crippen molar-refractivity contribution in [2.24, 2.45) is 10.9 Å². The Morgan fingerprint density at radius 3 is 2.67 bits per heavy atom. The van der Waals surface area contributed by atoms with Gasteiger partial charge in [0.05, 0.1) is 10.2 Å². The van der Waals surface area contributed by atoms with E-state index in [1.165, 1.54) is 18.2 Å². The van der Waals surface area contributed by atoms with E-state index in [1.807, 2.05) is 26.3 Å². The quantitative estimate of drug-likeness (QED) is 0.245. The number of halogens is 2. The Morgan fingerprint density at radius 1 is 1.30 bits per heavy atom. The van der Waals surface area contributed by atoms with Gasteiger partial charge in [-0.1, -0.05) is 0 Å². The Labute approximate surface area is 199 Å². The van der Waals surface area contributed by atoms with Crippen LogP contribution in [0.5, 0.6) is 0 Å². The molecule has 0 bridgehead atoms. The molecule has 0 spiro atoms. The van der Waals surface area contributed by atoms with E-state index < -0.39 is 17.5 Å². The molecule has 1 heterocycles. The third-order valence-corrected chi connectivity index (χ3v) is 5.69. The molecule has 1 fully saturated rings. The summed E-state index contributed by atoms with van der Waals surface area (Å²) in [6.45, 7) is 6.06. The maximum Gasteiger partial charge on any atom is 0.407 e. The Balaban J connectivity index is 1.56. The molecule has 0 saturated heterocycles. The van der Waals surface area contributed by atoms with Crippen LogP contribution in [0.1, 0.15) is 52.1 Å². The molecule has 180 valence electrons. The number of alkyl carbamates (subject to hydrolysis) is 1. The summed E-state index contributed by atoms with van der Waals surface area (Å²) >= 11 is 3.11. The zero-order valence-electron chi connectivity index (χ0n) is 18.7. The predicted octanol–water partition coefficient (Wildman–Crippen LogP) is 4.52. The van der Waals surface area contributed by atoms with Gasteiger partial charge in [0.25, 0.3) is 0 Å². The predicted molar refractivity (Wildman–Crippen MR) is 123 cm³/mol. The molecule has 0 atom stereocenters. The van der Waals surface area contributed by atoms with Crippen LogP contribution in [0.25, 0.3) is 0 Å². The summed E-state index contributed by atoms with van der Waals surface area (Å²) in [6, 6.07) is 4.31. The van der Waals surface area contributed by atoms with Crippen molar-refractivity contribution in [2.45, 2.75) is 58.1 Å². The number of aliphatic imine (C=N–C) groups is 1.